The van der Waals surface area contributed by atoms with Crippen molar-refractivity contribution in [1.29, 1.82) is 0 Å². The van der Waals surface area contributed by atoms with Crippen LogP contribution in [0, 0.1) is 0 Å². The van der Waals surface area contributed by atoms with Crippen LogP contribution in [0.3, 0.4) is 0 Å². The number of hydrogen-bond donors (Lipinski definition) is 0. The normalized spacial score (nSPS) is 11.3. The molecule has 2 rings (SSSR count). The Hall–Kier alpha value is -1.82. The molecule has 0 aliphatic carbocycles. The molecule has 0 bridgehead atoms. The monoisotopic (exact) mass is 286 g/mol. The van der Waals surface area contributed by atoms with Crippen LogP contribution < -0.4 is 4.74 Å². The second-order valence-corrected chi connectivity index (χ2v) is 4.78. The number of benzene rings is 1. The van der Waals surface area contributed by atoms with Gasteiger partial charge in [0.15, 0.2) is 5.78 Å². The predicted octanol–water partition coefficient (Wildman–Crippen LogP) is 4.07. The number of alkyl halides is 3. The topological polar surface area (TPSA) is 26.3 Å². The maximum atomic E-state index is 12.0. The summed E-state index contributed by atoms with van der Waals surface area (Å²) in [6.07, 6.45) is -4.47. The lowest BCUT2D eigenvalue weighted by atomic mass is 10.1. The number of hydrogen-bond acceptors (Lipinski definition) is 3. The van der Waals surface area contributed by atoms with Crippen LogP contribution >= 0.6 is 11.3 Å². The molecule has 0 radical (unpaired) electrons. The number of Topliss-reactive ketones (excluding diaryl/α,β-unsaturated/α-hetero) is 1. The van der Waals surface area contributed by atoms with E-state index in [1.807, 2.05) is 17.5 Å². The van der Waals surface area contributed by atoms with Crippen molar-refractivity contribution in [3.05, 3.63) is 52.2 Å². The Bertz CT molecular complexity index is 544. The van der Waals surface area contributed by atoms with Gasteiger partial charge in [-0.05, 0) is 35.7 Å². The molecule has 0 aliphatic heterocycles. The molecule has 1 aromatic heterocycles. The van der Waals surface area contributed by atoms with Gasteiger partial charge in [0.25, 0.3) is 0 Å². The highest BCUT2D eigenvalue weighted by atomic mass is 32.1. The number of ketones is 1. The van der Waals surface area contributed by atoms with Gasteiger partial charge in [0.05, 0.1) is 0 Å². The van der Waals surface area contributed by atoms with Crippen LogP contribution in [0.5, 0.6) is 5.75 Å². The third-order valence-corrected chi connectivity index (χ3v) is 3.20. The van der Waals surface area contributed by atoms with Gasteiger partial charge < -0.3 is 4.74 Å². The zero-order chi connectivity index (χ0) is 13.9. The lowest BCUT2D eigenvalue weighted by Crippen LogP contribution is -2.17. The molecule has 1 heterocycles. The third-order valence-electron chi connectivity index (χ3n) is 2.32. The van der Waals surface area contributed by atoms with Gasteiger partial charge in [-0.15, -0.1) is 24.5 Å². The van der Waals surface area contributed by atoms with Crippen molar-refractivity contribution in [2.24, 2.45) is 0 Å². The van der Waals surface area contributed by atoms with Gasteiger partial charge in [0.2, 0.25) is 0 Å². The van der Waals surface area contributed by atoms with Gasteiger partial charge in [-0.2, -0.15) is 0 Å². The van der Waals surface area contributed by atoms with E-state index < -0.39 is 6.36 Å². The summed E-state index contributed by atoms with van der Waals surface area (Å²) < 4.78 is 39.6. The zero-order valence-corrected chi connectivity index (χ0v) is 10.4. The molecule has 0 unspecified atom stereocenters. The highest BCUT2D eigenvalue weighted by Gasteiger charge is 2.31. The van der Waals surface area contributed by atoms with Gasteiger partial charge in [-0.3, -0.25) is 4.79 Å². The molecule has 0 spiro atoms. The number of carbonyl (C=O) groups excluding carboxylic acids is 1. The Morgan fingerprint density at radius 1 is 1.16 bits per heavy atom. The molecule has 1 aromatic carbocycles. The van der Waals surface area contributed by atoms with Crippen molar-refractivity contribution in [3.63, 3.8) is 0 Å². The first-order valence-corrected chi connectivity index (χ1v) is 6.23. The van der Waals surface area contributed by atoms with Gasteiger partial charge in [-0.25, -0.2) is 0 Å². The van der Waals surface area contributed by atoms with E-state index in [4.69, 9.17) is 0 Å². The van der Waals surface area contributed by atoms with Crippen molar-refractivity contribution in [2.75, 3.05) is 0 Å². The molecule has 19 heavy (non-hydrogen) atoms. The highest BCUT2D eigenvalue weighted by Crippen LogP contribution is 2.23. The number of rotatable bonds is 4. The van der Waals surface area contributed by atoms with Gasteiger partial charge >= 0.3 is 6.36 Å². The van der Waals surface area contributed by atoms with E-state index in [2.05, 4.69) is 4.74 Å². The Kier molecular flexibility index (Phi) is 3.90. The standard InChI is InChI=1S/C13H9F3O2S/c14-13(15,16)18-10-5-3-9(4-6-10)12(17)8-11-2-1-7-19-11/h1-7H,8H2. The Labute approximate surface area is 111 Å². The first-order chi connectivity index (χ1) is 8.94. The average Bonchev–Trinajstić information content (AvgIpc) is 2.80. The Morgan fingerprint density at radius 3 is 2.37 bits per heavy atom. The molecule has 2 aromatic rings. The molecule has 0 atom stereocenters. The van der Waals surface area contributed by atoms with Crippen LogP contribution in [0.4, 0.5) is 13.2 Å². The molecule has 0 N–H and O–H groups in total. The van der Waals surface area contributed by atoms with Crippen molar-refractivity contribution in [3.8, 4) is 5.75 Å². The van der Waals surface area contributed by atoms with E-state index >= 15 is 0 Å². The van der Waals surface area contributed by atoms with Crippen molar-refractivity contribution in [1.82, 2.24) is 0 Å². The second-order valence-electron chi connectivity index (χ2n) is 3.75. The molecule has 0 fully saturated rings. The number of thiophene rings is 1. The van der Waals surface area contributed by atoms with Crippen LogP contribution in [-0.2, 0) is 6.42 Å². The molecule has 2 nitrogen and oxygen atoms in total. The summed E-state index contributed by atoms with van der Waals surface area (Å²) in [5.41, 5.74) is 0.364. The Morgan fingerprint density at radius 2 is 1.84 bits per heavy atom. The van der Waals surface area contributed by atoms with E-state index in [1.165, 1.54) is 23.5 Å². The summed E-state index contributed by atoms with van der Waals surface area (Å²) in [4.78, 5) is 12.8. The summed E-state index contributed by atoms with van der Waals surface area (Å²) in [6, 6.07) is 8.61. The fourth-order valence-corrected chi connectivity index (χ4v) is 2.22. The van der Waals surface area contributed by atoms with Gasteiger partial charge in [-0.1, -0.05) is 6.07 Å². The Balaban J connectivity index is 2.04. The van der Waals surface area contributed by atoms with E-state index in [-0.39, 0.29) is 18.0 Å². The van der Waals surface area contributed by atoms with Crippen molar-refractivity contribution in [2.45, 2.75) is 12.8 Å². The van der Waals surface area contributed by atoms with E-state index in [1.54, 1.807) is 0 Å². The lowest BCUT2D eigenvalue weighted by molar-refractivity contribution is -0.274. The summed E-state index contributed by atoms with van der Waals surface area (Å²) in [7, 11) is 0. The molecule has 0 saturated carbocycles. The second kappa shape index (κ2) is 5.44. The SMILES string of the molecule is O=C(Cc1cccs1)c1ccc(OC(F)(F)F)cc1. The summed E-state index contributed by atoms with van der Waals surface area (Å²) in [5.74, 6) is -0.471. The molecule has 0 saturated heterocycles. The number of ether oxygens (including phenoxy) is 1. The fraction of sp³-hybridized carbons (Fsp3) is 0.154. The van der Waals surface area contributed by atoms with Crippen LogP contribution in [0.1, 0.15) is 15.2 Å². The van der Waals surface area contributed by atoms with Crippen molar-refractivity contribution < 1.29 is 22.7 Å². The molecule has 6 heteroatoms. The minimum absolute atomic E-state index is 0.138. The zero-order valence-electron chi connectivity index (χ0n) is 9.61. The fourth-order valence-electron chi connectivity index (χ4n) is 1.52. The van der Waals surface area contributed by atoms with Gasteiger partial charge in [0, 0.05) is 16.9 Å². The third kappa shape index (κ3) is 4.10. The first kappa shape index (κ1) is 13.6. The number of carbonyl (C=O) groups is 1. The van der Waals surface area contributed by atoms with E-state index in [0.29, 0.717) is 5.56 Å². The lowest BCUT2D eigenvalue weighted by Gasteiger charge is -2.08. The van der Waals surface area contributed by atoms with Crippen LogP contribution in [-0.4, -0.2) is 12.1 Å². The van der Waals surface area contributed by atoms with Crippen molar-refractivity contribution >= 4 is 17.1 Å². The van der Waals surface area contributed by atoms with Crippen LogP contribution in [0.15, 0.2) is 41.8 Å². The largest absolute Gasteiger partial charge is 0.573 e. The summed E-state index contributed by atoms with van der Waals surface area (Å²) in [5, 5.41) is 1.86. The minimum atomic E-state index is -4.72. The maximum absolute atomic E-state index is 12.0. The number of halogens is 3. The average molecular weight is 286 g/mol. The summed E-state index contributed by atoms with van der Waals surface area (Å²) >= 11 is 1.46. The predicted molar refractivity (Wildman–Crippen MR) is 65.5 cm³/mol. The summed E-state index contributed by atoms with van der Waals surface area (Å²) in [6.45, 7) is 0. The van der Waals surface area contributed by atoms with E-state index in [9.17, 15) is 18.0 Å². The molecule has 100 valence electrons. The van der Waals surface area contributed by atoms with E-state index in [0.717, 1.165) is 17.0 Å². The maximum Gasteiger partial charge on any atom is 0.573 e. The molecular weight excluding hydrogens is 277 g/mol. The molecule has 0 amide bonds. The van der Waals surface area contributed by atoms with Crippen LogP contribution in [0.2, 0.25) is 0 Å². The minimum Gasteiger partial charge on any atom is -0.406 e. The molecular formula is C13H9F3O2S. The van der Waals surface area contributed by atoms with Crippen LogP contribution in [0.25, 0.3) is 0 Å². The van der Waals surface area contributed by atoms with Gasteiger partial charge in [0.1, 0.15) is 5.75 Å². The highest BCUT2D eigenvalue weighted by molar-refractivity contribution is 7.10. The first-order valence-electron chi connectivity index (χ1n) is 5.35. The quantitative estimate of drug-likeness (QED) is 0.792. The molecule has 0 aliphatic rings. The smallest absolute Gasteiger partial charge is 0.406 e.